The van der Waals surface area contributed by atoms with Crippen LogP contribution in [0.25, 0.3) is 0 Å². The van der Waals surface area contributed by atoms with Crippen molar-refractivity contribution >= 4 is 11.9 Å². The molecule has 0 radical (unpaired) electrons. The lowest BCUT2D eigenvalue weighted by Crippen LogP contribution is -2.20. The fourth-order valence-corrected chi connectivity index (χ4v) is 3.40. The quantitative estimate of drug-likeness (QED) is 0.495. The molecule has 1 aromatic rings. The average Bonchev–Trinajstić information content (AvgIpc) is 2.54. The summed E-state index contributed by atoms with van der Waals surface area (Å²) < 4.78 is 0. The van der Waals surface area contributed by atoms with Gasteiger partial charge in [-0.05, 0) is 60.1 Å². The summed E-state index contributed by atoms with van der Waals surface area (Å²) in [5.41, 5.74) is 2.41. The van der Waals surface area contributed by atoms with Gasteiger partial charge in [0.05, 0.1) is 11.8 Å². The molecule has 0 heterocycles. The zero-order chi connectivity index (χ0) is 20.7. The highest BCUT2D eigenvalue weighted by molar-refractivity contribution is 5.80. The molecule has 152 valence electrons. The summed E-state index contributed by atoms with van der Waals surface area (Å²) >= 11 is 0. The summed E-state index contributed by atoms with van der Waals surface area (Å²) in [6, 6.07) is 5.75. The van der Waals surface area contributed by atoms with Gasteiger partial charge in [-0.2, -0.15) is 0 Å². The topological polar surface area (TPSA) is 74.6 Å². The minimum Gasteiger partial charge on any atom is -0.481 e. The van der Waals surface area contributed by atoms with E-state index in [1.807, 2.05) is 18.2 Å². The van der Waals surface area contributed by atoms with Crippen LogP contribution in [0.4, 0.5) is 0 Å². The van der Waals surface area contributed by atoms with Crippen LogP contribution in [-0.2, 0) is 9.59 Å². The number of rotatable bonds is 11. The van der Waals surface area contributed by atoms with Crippen molar-refractivity contribution in [2.45, 2.75) is 85.0 Å². The van der Waals surface area contributed by atoms with E-state index >= 15 is 0 Å². The molecule has 2 unspecified atom stereocenters. The number of aliphatic carboxylic acids is 2. The molecule has 2 N–H and O–H groups in total. The summed E-state index contributed by atoms with van der Waals surface area (Å²) in [5, 5.41) is 19.7. The summed E-state index contributed by atoms with van der Waals surface area (Å²) in [4.78, 5) is 24.1. The summed E-state index contributed by atoms with van der Waals surface area (Å²) in [6.45, 7) is 12.4. The number of carboxylic acids is 2. The molecule has 27 heavy (non-hydrogen) atoms. The normalized spacial score (nSPS) is 14.0. The number of hydrogen-bond donors (Lipinski definition) is 2. The Morgan fingerprint density at radius 3 is 1.56 bits per heavy atom. The second-order valence-corrected chi connectivity index (χ2v) is 8.77. The van der Waals surface area contributed by atoms with E-state index in [1.165, 1.54) is 0 Å². The van der Waals surface area contributed by atoms with Crippen molar-refractivity contribution in [2.24, 2.45) is 11.8 Å². The highest BCUT2D eigenvalue weighted by atomic mass is 16.4. The van der Waals surface area contributed by atoms with E-state index in [-0.39, 0.29) is 5.92 Å². The Morgan fingerprint density at radius 1 is 0.741 bits per heavy atom. The zero-order valence-electron chi connectivity index (χ0n) is 17.7. The van der Waals surface area contributed by atoms with Crippen molar-refractivity contribution < 1.29 is 19.8 Å². The molecular weight excluding hydrogens is 340 g/mol. The molecule has 0 aliphatic carbocycles. The molecule has 0 aromatic heterocycles. The second kappa shape index (κ2) is 10.5. The Balaban J connectivity index is 3.44. The Bertz CT molecular complexity index is 631. The average molecular weight is 377 g/mol. The van der Waals surface area contributed by atoms with Gasteiger partial charge in [0.25, 0.3) is 0 Å². The molecule has 0 spiro atoms. The van der Waals surface area contributed by atoms with Crippen molar-refractivity contribution in [3.63, 3.8) is 0 Å². The summed E-state index contributed by atoms with van der Waals surface area (Å²) in [6.07, 6.45) is 2.65. The van der Waals surface area contributed by atoms with Crippen LogP contribution in [0.5, 0.6) is 0 Å². The lowest BCUT2D eigenvalue weighted by Gasteiger charge is -2.24. The largest absolute Gasteiger partial charge is 0.481 e. The van der Waals surface area contributed by atoms with Crippen molar-refractivity contribution in [2.75, 3.05) is 0 Å². The first kappa shape index (κ1) is 23.2. The maximum absolute atomic E-state index is 12.1. The third-order valence-corrected chi connectivity index (χ3v) is 5.19. The first-order valence-electron chi connectivity index (χ1n) is 10.1. The van der Waals surface area contributed by atoms with Crippen LogP contribution in [0, 0.1) is 11.8 Å². The fourth-order valence-electron chi connectivity index (χ4n) is 3.40. The van der Waals surface area contributed by atoms with Crippen LogP contribution in [-0.4, -0.2) is 22.2 Å². The Kier molecular flexibility index (Phi) is 9.01. The van der Waals surface area contributed by atoms with Crippen molar-refractivity contribution in [1.29, 1.82) is 0 Å². The molecule has 1 rings (SSSR count). The van der Waals surface area contributed by atoms with Crippen LogP contribution < -0.4 is 0 Å². The van der Waals surface area contributed by atoms with E-state index in [1.54, 1.807) is 0 Å². The third kappa shape index (κ3) is 7.00. The third-order valence-electron chi connectivity index (χ3n) is 5.19. The molecule has 0 bridgehead atoms. The van der Waals surface area contributed by atoms with Gasteiger partial charge in [-0.1, -0.05) is 59.7 Å². The van der Waals surface area contributed by atoms with Crippen molar-refractivity contribution in [3.05, 3.63) is 34.9 Å². The predicted molar refractivity (Wildman–Crippen MR) is 109 cm³/mol. The van der Waals surface area contributed by atoms with Gasteiger partial charge in [0.2, 0.25) is 0 Å². The van der Waals surface area contributed by atoms with E-state index < -0.39 is 23.8 Å². The number of benzene rings is 1. The van der Waals surface area contributed by atoms with Crippen LogP contribution in [0.2, 0.25) is 0 Å². The highest BCUT2D eigenvalue weighted by Crippen LogP contribution is 2.35. The molecule has 4 heteroatoms. The number of carboxylic acid groups (broad SMARTS) is 2. The number of carbonyl (C=O) groups is 2. The first-order valence-corrected chi connectivity index (χ1v) is 10.1. The molecule has 1 aromatic carbocycles. The molecular formula is C23H36O4. The maximum Gasteiger partial charge on any atom is 0.310 e. The second-order valence-electron chi connectivity index (χ2n) is 8.77. The molecule has 4 nitrogen and oxygen atoms in total. The van der Waals surface area contributed by atoms with Crippen LogP contribution >= 0.6 is 0 Å². The van der Waals surface area contributed by atoms with Crippen LogP contribution in [0.3, 0.4) is 0 Å². The highest BCUT2D eigenvalue weighted by Gasteiger charge is 2.29. The SMILES string of the molecule is CC(C)CCC(C(=O)O)c1ccc(C(C)C)cc1C(CCC(C)C)C(=O)O. The Labute approximate surface area is 164 Å². The molecule has 0 aliphatic rings. The Hall–Kier alpha value is -1.84. The minimum absolute atomic E-state index is 0.260. The Morgan fingerprint density at radius 2 is 1.19 bits per heavy atom. The van der Waals surface area contributed by atoms with Gasteiger partial charge < -0.3 is 10.2 Å². The lowest BCUT2D eigenvalue weighted by molar-refractivity contribution is -0.140. The van der Waals surface area contributed by atoms with Gasteiger partial charge in [0, 0.05) is 0 Å². The summed E-state index contributed by atoms with van der Waals surface area (Å²) in [7, 11) is 0. The lowest BCUT2D eigenvalue weighted by atomic mass is 9.80. The summed E-state index contributed by atoms with van der Waals surface area (Å²) in [5.74, 6) is -2.00. The van der Waals surface area contributed by atoms with E-state index in [9.17, 15) is 19.8 Å². The first-order chi connectivity index (χ1) is 12.5. The molecule has 0 saturated carbocycles. The predicted octanol–water partition coefficient (Wildman–Crippen LogP) is 6.02. The number of hydrogen-bond acceptors (Lipinski definition) is 2. The standard InChI is InChI=1S/C23H36O4/c1-14(2)7-10-19(22(24)25)18-12-9-17(16(5)6)13-21(18)20(23(26)27)11-8-15(3)4/h9,12-16,19-20H,7-8,10-11H2,1-6H3,(H,24,25)(H,26,27). The van der Waals surface area contributed by atoms with E-state index in [4.69, 9.17) is 0 Å². The van der Waals surface area contributed by atoms with Gasteiger partial charge >= 0.3 is 11.9 Å². The van der Waals surface area contributed by atoms with Crippen LogP contribution in [0.15, 0.2) is 18.2 Å². The van der Waals surface area contributed by atoms with E-state index in [0.717, 1.165) is 18.4 Å². The van der Waals surface area contributed by atoms with Crippen molar-refractivity contribution in [1.82, 2.24) is 0 Å². The van der Waals surface area contributed by atoms with Gasteiger partial charge in [-0.25, -0.2) is 0 Å². The van der Waals surface area contributed by atoms with E-state index in [0.29, 0.717) is 35.8 Å². The smallest absolute Gasteiger partial charge is 0.310 e. The van der Waals surface area contributed by atoms with Gasteiger partial charge in [0.1, 0.15) is 0 Å². The van der Waals surface area contributed by atoms with Gasteiger partial charge in [-0.3, -0.25) is 9.59 Å². The zero-order valence-corrected chi connectivity index (χ0v) is 17.7. The molecule has 0 aliphatic heterocycles. The van der Waals surface area contributed by atoms with Crippen LogP contribution in [0.1, 0.15) is 102 Å². The molecule has 2 atom stereocenters. The monoisotopic (exact) mass is 376 g/mol. The van der Waals surface area contributed by atoms with Gasteiger partial charge in [0.15, 0.2) is 0 Å². The van der Waals surface area contributed by atoms with E-state index in [2.05, 4.69) is 41.5 Å². The molecule has 0 fully saturated rings. The van der Waals surface area contributed by atoms with Crippen molar-refractivity contribution in [3.8, 4) is 0 Å². The van der Waals surface area contributed by atoms with Gasteiger partial charge in [-0.15, -0.1) is 0 Å². The molecule has 0 amide bonds. The maximum atomic E-state index is 12.1. The molecule has 0 saturated heterocycles. The minimum atomic E-state index is -0.873. The fraction of sp³-hybridized carbons (Fsp3) is 0.652.